The lowest BCUT2D eigenvalue weighted by atomic mass is 9.81. The smallest absolute Gasteiger partial charge is 0.340 e. The Bertz CT molecular complexity index is 3770. The number of aliphatic carboxylic acids is 1. The zero-order valence-corrected chi connectivity index (χ0v) is 50.8. The van der Waals surface area contributed by atoms with Gasteiger partial charge in [0.1, 0.15) is 56.2 Å². The van der Waals surface area contributed by atoms with Gasteiger partial charge in [-0.3, -0.25) is 62.4 Å². The minimum atomic E-state index is -1.70. The summed E-state index contributed by atoms with van der Waals surface area (Å²) in [7, 11) is 0. The number of hydrogen-bond donors (Lipinski definition) is 12. The third kappa shape index (κ3) is 16.5. The van der Waals surface area contributed by atoms with Gasteiger partial charge in [0.2, 0.25) is 47.3 Å². The fraction of sp³-hybridized carbons (Fsp3) is 0.452. The molecule has 94 heavy (non-hydrogen) atoms. The molecule has 9 rings (SSSR count). The molecule has 12 N–H and O–H groups in total. The topological polar surface area (TPSA) is 448 Å². The lowest BCUT2D eigenvalue weighted by Gasteiger charge is -2.29. The number of pyridine rings is 2. The molecule has 1 aliphatic carbocycles. The van der Waals surface area contributed by atoms with Crippen LogP contribution in [0.15, 0.2) is 59.4 Å². The van der Waals surface area contributed by atoms with E-state index < -0.39 is 177 Å². The van der Waals surface area contributed by atoms with Crippen LogP contribution < -0.4 is 48.1 Å². The van der Waals surface area contributed by atoms with Crippen molar-refractivity contribution in [3.63, 3.8) is 0 Å². The number of benzene rings is 2. The molecule has 1 fully saturated rings. The number of carbonyl (C=O) groups excluding carboxylic acids is 11. The van der Waals surface area contributed by atoms with E-state index in [4.69, 9.17) is 24.3 Å². The fourth-order valence-electron chi connectivity index (χ4n) is 11.8. The summed E-state index contributed by atoms with van der Waals surface area (Å²) in [5, 5.41) is 60.9. The normalized spacial score (nSPS) is 19.6. The highest BCUT2D eigenvalue weighted by atomic mass is 19.1. The number of aliphatic hydroxyl groups is 3. The first-order chi connectivity index (χ1) is 44.9. The SMILES string of the molecule is Cc1c(F)cc2nc3c(c4c2c1CC[C@@H]4NC(=O)COCNC(=O)CNC(=O)[C@H](Cc1ccccc1)NC(=O)CNC(=O)CNC(=O)[C@H](CCC(=O)NC[C@H]1O[C@@H](CC(=O)O)[C@H](O)[C@@H]1O)NC(=O)CCCCCN1C(=O)C=CC1=O)Cn1c-3cc2c(c1=O)COC(=O)[C@H]2O. The number of cyclic esters (lactones) is 1. The van der Waals surface area contributed by atoms with Crippen molar-refractivity contribution in [2.75, 3.05) is 46.1 Å². The first-order valence-electron chi connectivity index (χ1n) is 30.3. The van der Waals surface area contributed by atoms with Crippen LogP contribution in [0.1, 0.15) is 102 Å². The Labute approximate surface area is 533 Å². The molecule has 0 unspecified atom stereocenters. The van der Waals surface area contributed by atoms with Crippen molar-refractivity contribution in [3.05, 3.63) is 110 Å². The standard InChI is InChI=1S/C62H70FN11O20/c1-30-32-11-12-37(54-34-26-74-41(55(34)72-39(53(32)54)20-36(30)63)19-33-35(61(74)90)27-93-62(91)56(33)85)69-49(80)28-92-29-68-47(78)24-67-60(89)40(18-31-8-4-2-5-9-31)71-48(79)25-65-46(77)23-66-59(88)38(70-45(76)10-6-3-7-17-73-50(81)15-16-51(73)82)13-14-44(75)64-22-43-58(87)57(86)42(94-43)21-52(83)84/h2,4-5,8-9,15-16,19-20,37-38,40,42-43,56-58,85-87H,3,6-7,10-14,17-18,21-29H2,1H3,(H,64,75)(H,65,77)(H,66,88)(H,67,89)(H,68,78)(H,69,80)(H,70,76)(H,71,79)(H,83,84)/t37-,38-,40-,42-,43+,56-,57-,58+/m0/s1. The first-order valence-corrected chi connectivity index (χ1v) is 30.3. The fourth-order valence-corrected chi connectivity index (χ4v) is 11.8. The maximum absolute atomic E-state index is 15.4. The molecule has 31 nitrogen and oxygen atoms in total. The molecule has 2 aromatic carbocycles. The van der Waals surface area contributed by atoms with E-state index in [9.17, 15) is 77.6 Å². The third-order valence-corrected chi connectivity index (χ3v) is 16.6. The molecule has 500 valence electrons. The van der Waals surface area contributed by atoms with Crippen molar-refractivity contribution in [3.8, 4) is 11.4 Å². The van der Waals surface area contributed by atoms with E-state index in [-0.39, 0.29) is 68.6 Å². The van der Waals surface area contributed by atoms with Crippen molar-refractivity contribution < 1.29 is 96.6 Å². The van der Waals surface area contributed by atoms with Gasteiger partial charge in [-0.2, -0.15) is 0 Å². The van der Waals surface area contributed by atoms with Crippen LogP contribution in [0.3, 0.4) is 0 Å². The highest BCUT2D eigenvalue weighted by Gasteiger charge is 2.44. The largest absolute Gasteiger partial charge is 0.481 e. The van der Waals surface area contributed by atoms with E-state index in [1.165, 1.54) is 16.7 Å². The number of aryl methyl sites for hydroxylation is 1. The van der Waals surface area contributed by atoms with Gasteiger partial charge in [0.15, 0.2) is 6.10 Å². The molecule has 0 spiro atoms. The van der Waals surface area contributed by atoms with Gasteiger partial charge in [-0.1, -0.05) is 36.8 Å². The minimum absolute atomic E-state index is 0.0224. The minimum Gasteiger partial charge on any atom is -0.481 e. The van der Waals surface area contributed by atoms with E-state index in [0.29, 0.717) is 70.3 Å². The Hall–Kier alpha value is -9.89. The number of nitrogens with zero attached hydrogens (tertiary/aromatic N) is 3. The number of hydrogen-bond acceptors (Lipinski definition) is 20. The summed E-state index contributed by atoms with van der Waals surface area (Å²) in [6.07, 6.45) is -4.55. The second kappa shape index (κ2) is 30.7. The van der Waals surface area contributed by atoms with Gasteiger partial charge in [0, 0.05) is 67.1 Å². The lowest BCUT2D eigenvalue weighted by molar-refractivity contribution is -0.157. The van der Waals surface area contributed by atoms with Crippen LogP contribution >= 0.6 is 0 Å². The monoisotopic (exact) mass is 1310 g/mol. The Morgan fingerprint density at radius 2 is 1.43 bits per heavy atom. The molecule has 0 saturated carbocycles. The Morgan fingerprint density at radius 1 is 0.745 bits per heavy atom. The van der Waals surface area contributed by atoms with Crippen molar-refractivity contribution in [1.82, 2.24) is 57.0 Å². The number of amides is 10. The van der Waals surface area contributed by atoms with Crippen LogP contribution in [0.2, 0.25) is 0 Å². The Kier molecular flexibility index (Phi) is 22.4. The molecule has 0 radical (unpaired) electrons. The van der Waals surface area contributed by atoms with Crippen molar-refractivity contribution >= 4 is 81.9 Å². The van der Waals surface area contributed by atoms with Gasteiger partial charge < -0.3 is 81.7 Å². The Balaban J connectivity index is 0.731. The highest BCUT2D eigenvalue weighted by molar-refractivity contribution is 6.12. The second-order valence-electron chi connectivity index (χ2n) is 23.1. The van der Waals surface area contributed by atoms with Crippen LogP contribution in [-0.4, -0.2) is 188 Å². The van der Waals surface area contributed by atoms with Gasteiger partial charge in [0.25, 0.3) is 17.4 Å². The quantitative estimate of drug-likeness (QED) is 0.00947. The van der Waals surface area contributed by atoms with Crippen LogP contribution in [0.4, 0.5) is 4.39 Å². The second-order valence-corrected chi connectivity index (χ2v) is 23.1. The van der Waals surface area contributed by atoms with Crippen LogP contribution in [0.5, 0.6) is 0 Å². The number of halogens is 1. The van der Waals surface area contributed by atoms with E-state index >= 15 is 4.39 Å². The average molecular weight is 1310 g/mol. The molecule has 5 aliphatic rings. The Morgan fingerprint density at radius 3 is 2.15 bits per heavy atom. The number of ether oxygens (including phenoxy) is 3. The number of esters is 1. The predicted molar refractivity (Wildman–Crippen MR) is 321 cm³/mol. The van der Waals surface area contributed by atoms with E-state index in [0.717, 1.165) is 17.1 Å². The zero-order valence-electron chi connectivity index (χ0n) is 50.8. The van der Waals surface area contributed by atoms with E-state index in [1.54, 1.807) is 37.3 Å². The molecule has 4 aromatic rings. The number of carboxylic acids is 1. The van der Waals surface area contributed by atoms with E-state index in [2.05, 4.69) is 42.5 Å². The van der Waals surface area contributed by atoms with Crippen molar-refractivity contribution in [2.24, 2.45) is 0 Å². The zero-order chi connectivity index (χ0) is 67.5. The maximum atomic E-state index is 15.4. The number of imide groups is 1. The van der Waals surface area contributed by atoms with Gasteiger partial charge in [-0.25, -0.2) is 14.2 Å². The summed E-state index contributed by atoms with van der Waals surface area (Å²) in [6.45, 7) is -1.94. The third-order valence-electron chi connectivity index (χ3n) is 16.6. The number of carbonyl (C=O) groups is 12. The van der Waals surface area contributed by atoms with Crippen LogP contribution in [-0.2, 0) is 97.7 Å². The number of fused-ring (bicyclic) bond motifs is 5. The molecule has 32 heteroatoms. The number of unbranched alkanes of at least 4 members (excludes halogenated alkanes) is 2. The lowest BCUT2D eigenvalue weighted by Crippen LogP contribution is -2.53. The molecule has 4 aliphatic heterocycles. The summed E-state index contributed by atoms with van der Waals surface area (Å²) < 4.78 is 32.7. The van der Waals surface area contributed by atoms with Crippen LogP contribution in [0, 0.1) is 12.7 Å². The van der Waals surface area contributed by atoms with Crippen molar-refractivity contribution in [1.29, 1.82) is 0 Å². The summed E-state index contributed by atoms with van der Waals surface area (Å²) in [6, 6.07) is 7.92. The van der Waals surface area contributed by atoms with Gasteiger partial charge in [0.05, 0.1) is 67.2 Å². The summed E-state index contributed by atoms with van der Waals surface area (Å²) in [5.74, 6) is -9.67. The number of carboxylic acid groups (broad SMARTS) is 1. The summed E-state index contributed by atoms with van der Waals surface area (Å²) in [5.41, 5.74) is 3.49. The van der Waals surface area contributed by atoms with E-state index in [1.807, 2.05) is 0 Å². The summed E-state index contributed by atoms with van der Waals surface area (Å²) >= 11 is 0. The van der Waals surface area contributed by atoms with Gasteiger partial charge >= 0.3 is 11.9 Å². The number of nitrogens with one attached hydrogen (secondary N) is 8. The molecule has 6 heterocycles. The first kappa shape index (κ1) is 68.5. The molecule has 1 saturated heterocycles. The molecule has 10 amide bonds. The van der Waals surface area contributed by atoms with Crippen molar-refractivity contribution in [2.45, 2.75) is 133 Å². The number of aliphatic hydroxyl groups excluding tert-OH is 3. The number of rotatable bonds is 30. The molecule has 2 aromatic heterocycles. The predicted octanol–water partition coefficient (Wildman–Crippen LogP) is -2.94. The van der Waals surface area contributed by atoms with Gasteiger partial charge in [-0.15, -0.1) is 0 Å². The highest BCUT2D eigenvalue weighted by Crippen LogP contribution is 2.45. The molecule has 0 bridgehead atoms. The molecular formula is C62H70FN11O20. The average Bonchev–Trinajstić information content (AvgIpc) is 1.47. The summed E-state index contributed by atoms with van der Waals surface area (Å²) in [4.78, 5) is 173. The maximum Gasteiger partial charge on any atom is 0.340 e. The number of aromatic nitrogens is 2. The molecule has 8 atom stereocenters. The molecular weight excluding hydrogens is 1240 g/mol. The van der Waals surface area contributed by atoms with Crippen LogP contribution in [0.25, 0.3) is 22.3 Å². The van der Waals surface area contributed by atoms with Gasteiger partial charge in [-0.05, 0) is 67.3 Å².